The van der Waals surface area contributed by atoms with Crippen LogP contribution >= 0.6 is 46.4 Å². The summed E-state index contributed by atoms with van der Waals surface area (Å²) in [5, 5.41) is 1.88. The minimum Gasteiger partial charge on any atom is -0.366 e. The molecule has 3 aromatic rings. The van der Waals surface area contributed by atoms with E-state index in [-0.39, 0.29) is 11.1 Å². The average Bonchev–Trinajstić information content (AvgIpc) is 2.86. The van der Waals surface area contributed by atoms with Gasteiger partial charge in [0.05, 0.1) is 21.4 Å². The number of halogens is 4. The third-order valence-electron chi connectivity index (χ3n) is 5.92. The summed E-state index contributed by atoms with van der Waals surface area (Å²) >= 11 is 25.0. The van der Waals surface area contributed by atoms with Crippen molar-refractivity contribution < 1.29 is 4.79 Å². The summed E-state index contributed by atoms with van der Waals surface area (Å²) < 4.78 is 0. The highest BCUT2D eigenvalue weighted by Crippen LogP contribution is 2.41. The Labute approximate surface area is 225 Å². The number of pyridine rings is 1. The normalized spacial score (nSPS) is 14.5. The number of piperazine rings is 1. The van der Waals surface area contributed by atoms with Gasteiger partial charge in [-0.25, -0.2) is 4.98 Å². The summed E-state index contributed by atoms with van der Waals surface area (Å²) in [5.74, 6) is -0.208. The van der Waals surface area contributed by atoms with Crippen LogP contribution < -0.4 is 9.80 Å². The van der Waals surface area contributed by atoms with Gasteiger partial charge in [0.2, 0.25) is 0 Å². The van der Waals surface area contributed by atoms with Crippen LogP contribution in [0.1, 0.15) is 15.9 Å². The Bertz CT molecular complexity index is 1220. The molecular formula is C26H24Cl4N4O. The molecule has 2 aromatic carbocycles. The maximum absolute atomic E-state index is 13.2. The minimum atomic E-state index is -0.208. The van der Waals surface area contributed by atoms with Crippen LogP contribution in [0.3, 0.4) is 0 Å². The van der Waals surface area contributed by atoms with E-state index in [2.05, 4.69) is 26.9 Å². The lowest BCUT2D eigenvalue weighted by Crippen LogP contribution is -2.47. The van der Waals surface area contributed by atoms with Gasteiger partial charge in [-0.1, -0.05) is 70.7 Å². The third kappa shape index (κ3) is 6.29. The SMILES string of the molecule is CN(C(=O)c1ccnc(Cl)c1)c1ccc(Cl)c(Cl)c1N1CCN(CC=Cc2ccc(Cl)cc2)CC1. The fourth-order valence-electron chi connectivity index (χ4n) is 4.01. The van der Waals surface area contributed by atoms with Crippen molar-refractivity contribution in [3.05, 3.63) is 92.2 Å². The molecule has 0 aliphatic carbocycles. The van der Waals surface area contributed by atoms with Gasteiger partial charge in [0.25, 0.3) is 5.91 Å². The molecule has 1 aromatic heterocycles. The molecule has 5 nitrogen and oxygen atoms in total. The van der Waals surface area contributed by atoms with Crippen LogP contribution in [0.2, 0.25) is 20.2 Å². The lowest BCUT2D eigenvalue weighted by molar-refractivity contribution is 0.0993. The largest absolute Gasteiger partial charge is 0.366 e. The van der Waals surface area contributed by atoms with Crippen molar-refractivity contribution in [1.82, 2.24) is 9.88 Å². The summed E-state index contributed by atoms with van der Waals surface area (Å²) in [6.45, 7) is 4.06. The first-order valence-corrected chi connectivity index (χ1v) is 12.6. The number of hydrogen-bond donors (Lipinski definition) is 0. The van der Waals surface area contributed by atoms with Crippen molar-refractivity contribution in [3.63, 3.8) is 0 Å². The van der Waals surface area contributed by atoms with Crippen molar-refractivity contribution in [1.29, 1.82) is 0 Å². The van der Waals surface area contributed by atoms with Gasteiger partial charge in [0, 0.05) is 56.6 Å². The molecule has 0 unspecified atom stereocenters. The zero-order valence-electron chi connectivity index (χ0n) is 19.1. The maximum atomic E-state index is 13.2. The molecule has 1 amide bonds. The number of hydrogen-bond acceptors (Lipinski definition) is 4. The monoisotopic (exact) mass is 548 g/mol. The number of anilines is 2. The van der Waals surface area contributed by atoms with E-state index < -0.39 is 0 Å². The zero-order chi connectivity index (χ0) is 24.9. The standard InChI is InChI=1S/C26H24Cl4N4O/c1-32(26(35)19-10-11-31-23(29)17-19)22-9-8-21(28)24(30)25(22)34-15-13-33(14-16-34)12-2-3-18-4-6-20(27)7-5-18/h2-11,17H,12-16H2,1H3. The van der Waals surface area contributed by atoms with Crippen molar-refractivity contribution in [3.8, 4) is 0 Å². The second-order valence-corrected chi connectivity index (χ2v) is 9.81. The number of aromatic nitrogens is 1. The third-order valence-corrected chi connectivity index (χ3v) is 7.17. The first-order valence-electron chi connectivity index (χ1n) is 11.1. The van der Waals surface area contributed by atoms with Crippen LogP contribution in [-0.2, 0) is 0 Å². The highest BCUT2D eigenvalue weighted by Gasteiger charge is 2.26. The molecular weight excluding hydrogens is 526 g/mol. The highest BCUT2D eigenvalue weighted by atomic mass is 35.5. The van der Waals surface area contributed by atoms with Crippen LogP contribution in [0.5, 0.6) is 0 Å². The van der Waals surface area contributed by atoms with Gasteiger partial charge in [-0.15, -0.1) is 0 Å². The van der Waals surface area contributed by atoms with Crippen LogP contribution in [-0.4, -0.2) is 55.6 Å². The summed E-state index contributed by atoms with van der Waals surface area (Å²) in [6, 6.07) is 14.5. The second-order valence-electron chi connectivity index (χ2n) is 8.20. The van der Waals surface area contributed by atoms with Crippen molar-refractivity contribution in [2.45, 2.75) is 0 Å². The van der Waals surface area contributed by atoms with Gasteiger partial charge in [-0.2, -0.15) is 0 Å². The molecule has 0 atom stereocenters. The van der Waals surface area contributed by atoms with Crippen LogP contribution in [0.4, 0.5) is 11.4 Å². The summed E-state index contributed by atoms with van der Waals surface area (Å²) in [4.78, 5) is 23.2. The van der Waals surface area contributed by atoms with E-state index in [4.69, 9.17) is 46.4 Å². The smallest absolute Gasteiger partial charge is 0.258 e. The fourth-order valence-corrected chi connectivity index (χ4v) is 4.74. The Hall–Kier alpha value is -2.28. The highest BCUT2D eigenvalue weighted by molar-refractivity contribution is 6.44. The number of rotatable bonds is 6. The molecule has 4 rings (SSSR count). The first-order chi connectivity index (χ1) is 16.8. The minimum absolute atomic E-state index is 0.208. The predicted molar refractivity (Wildman–Crippen MR) is 148 cm³/mol. The number of amides is 1. The van der Waals surface area contributed by atoms with E-state index >= 15 is 0 Å². The number of benzene rings is 2. The number of nitrogens with zero attached hydrogens (tertiary/aromatic N) is 4. The molecule has 1 saturated heterocycles. The van der Waals surface area contributed by atoms with Crippen molar-refractivity contribution in [2.24, 2.45) is 0 Å². The molecule has 0 N–H and O–H groups in total. The van der Waals surface area contributed by atoms with Gasteiger partial charge in [0.15, 0.2) is 0 Å². The first kappa shape index (κ1) is 25.8. The van der Waals surface area contributed by atoms with Crippen LogP contribution in [0.15, 0.2) is 60.8 Å². The molecule has 2 heterocycles. The molecule has 0 spiro atoms. The molecule has 0 bridgehead atoms. The van der Waals surface area contributed by atoms with E-state index in [0.29, 0.717) is 21.3 Å². The molecule has 35 heavy (non-hydrogen) atoms. The van der Waals surface area contributed by atoms with E-state index in [0.717, 1.165) is 49.0 Å². The maximum Gasteiger partial charge on any atom is 0.258 e. The Morgan fingerprint density at radius 1 is 1.00 bits per heavy atom. The van der Waals surface area contributed by atoms with Gasteiger partial charge in [0.1, 0.15) is 5.15 Å². The van der Waals surface area contributed by atoms with E-state index in [1.807, 2.05) is 30.3 Å². The molecule has 1 aliphatic heterocycles. The Balaban J connectivity index is 1.46. The Kier molecular flexibility index (Phi) is 8.58. The Morgan fingerprint density at radius 2 is 1.71 bits per heavy atom. The summed E-state index contributed by atoms with van der Waals surface area (Å²) in [5.41, 5.74) is 3.01. The van der Waals surface area contributed by atoms with E-state index in [1.165, 1.54) is 6.20 Å². The van der Waals surface area contributed by atoms with E-state index in [9.17, 15) is 4.79 Å². The molecule has 1 aliphatic rings. The van der Waals surface area contributed by atoms with E-state index in [1.54, 1.807) is 30.1 Å². The van der Waals surface area contributed by atoms with Crippen LogP contribution in [0, 0.1) is 0 Å². The molecule has 0 saturated carbocycles. The number of carbonyl (C=O) groups excluding carboxylic acids is 1. The van der Waals surface area contributed by atoms with Crippen molar-refractivity contribution >= 4 is 69.8 Å². The van der Waals surface area contributed by atoms with Crippen molar-refractivity contribution in [2.75, 3.05) is 49.6 Å². The topological polar surface area (TPSA) is 39.7 Å². The second kappa shape index (κ2) is 11.6. The quantitative estimate of drug-likeness (QED) is 0.317. The molecule has 9 heteroatoms. The van der Waals surface area contributed by atoms with Gasteiger partial charge in [-0.05, 0) is 42.0 Å². The molecule has 0 radical (unpaired) electrons. The van der Waals surface area contributed by atoms with Gasteiger partial charge in [-0.3, -0.25) is 9.69 Å². The molecule has 182 valence electrons. The summed E-state index contributed by atoms with van der Waals surface area (Å²) in [7, 11) is 1.72. The number of carbonyl (C=O) groups is 1. The van der Waals surface area contributed by atoms with Crippen LogP contribution in [0.25, 0.3) is 6.08 Å². The molecule has 1 fully saturated rings. The predicted octanol–water partition coefficient (Wildman–Crippen LogP) is 6.81. The summed E-state index contributed by atoms with van der Waals surface area (Å²) in [6.07, 6.45) is 5.77. The fraction of sp³-hybridized carbons (Fsp3) is 0.231. The lowest BCUT2D eigenvalue weighted by Gasteiger charge is -2.38. The Morgan fingerprint density at radius 3 is 2.40 bits per heavy atom. The van der Waals surface area contributed by atoms with Gasteiger partial charge < -0.3 is 9.80 Å². The van der Waals surface area contributed by atoms with Gasteiger partial charge >= 0.3 is 0 Å². The zero-order valence-corrected chi connectivity index (χ0v) is 22.1. The lowest BCUT2D eigenvalue weighted by atomic mass is 10.1. The average molecular weight is 550 g/mol.